The number of nitriles is 2. The summed E-state index contributed by atoms with van der Waals surface area (Å²) in [4.78, 5) is 3.98. The van der Waals surface area contributed by atoms with Gasteiger partial charge in [-0.1, -0.05) is 6.07 Å². The Labute approximate surface area is 120 Å². The van der Waals surface area contributed by atoms with Gasteiger partial charge in [0.2, 0.25) is 5.88 Å². The first kappa shape index (κ1) is 13.1. The summed E-state index contributed by atoms with van der Waals surface area (Å²) >= 11 is 0. The highest BCUT2D eigenvalue weighted by Crippen LogP contribution is 2.23. The predicted molar refractivity (Wildman–Crippen MR) is 72.6 cm³/mol. The van der Waals surface area contributed by atoms with Crippen LogP contribution in [-0.2, 0) is 11.3 Å². The van der Waals surface area contributed by atoms with E-state index < -0.39 is 7.12 Å². The molecule has 0 fully saturated rings. The van der Waals surface area contributed by atoms with Gasteiger partial charge in [0.15, 0.2) is 5.69 Å². The normalized spacial score (nSPS) is 12.4. The van der Waals surface area contributed by atoms with E-state index in [1.807, 2.05) is 12.1 Å². The molecule has 1 aromatic heterocycles. The van der Waals surface area contributed by atoms with E-state index in [1.54, 1.807) is 18.2 Å². The van der Waals surface area contributed by atoms with Crippen molar-refractivity contribution < 1.29 is 14.4 Å². The van der Waals surface area contributed by atoms with Crippen LogP contribution in [0.1, 0.15) is 16.8 Å². The van der Waals surface area contributed by atoms with Gasteiger partial charge in [-0.3, -0.25) is 0 Å². The van der Waals surface area contributed by atoms with Crippen molar-refractivity contribution in [2.75, 3.05) is 0 Å². The van der Waals surface area contributed by atoms with Crippen molar-refractivity contribution in [3.63, 3.8) is 0 Å². The summed E-state index contributed by atoms with van der Waals surface area (Å²) < 4.78 is 10.7. The van der Waals surface area contributed by atoms with Gasteiger partial charge < -0.3 is 14.4 Å². The fourth-order valence-electron chi connectivity index (χ4n) is 2.06. The van der Waals surface area contributed by atoms with E-state index in [0.29, 0.717) is 17.8 Å². The molecular formula is C14H8BN3O3. The van der Waals surface area contributed by atoms with Crippen molar-refractivity contribution in [3.05, 3.63) is 47.2 Å². The van der Waals surface area contributed by atoms with Crippen LogP contribution in [0.25, 0.3) is 0 Å². The molecule has 6 nitrogen and oxygen atoms in total. The molecule has 0 saturated carbocycles. The van der Waals surface area contributed by atoms with E-state index in [1.165, 1.54) is 12.1 Å². The minimum atomic E-state index is -0.896. The van der Waals surface area contributed by atoms with E-state index in [-0.39, 0.29) is 17.1 Å². The molecule has 2 aromatic rings. The van der Waals surface area contributed by atoms with Crippen LogP contribution in [0.4, 0.5) is 0 Å². The number of benzene rings is 1. The SMILES string of the molecule is N#Cc1ccc(Oc2ccc3c(c2)COB3O)nc1C#N. The van der Waals surface area contributed by atoms with Gasteiger partial charge in [-0.2, -0.15) is 10.5 Å². The molecule has 3 rings (SSSR count). The second-order valence-corrected chi connectivity index (χ2v) is 4.40. The number of pyridine rings is 1. The monoisotopic (exact) mass is 277 g/mol. The summed E-state index contributed by atoms with van der Waals surface area (Å²) in [5.41, 5.74) is 1.78. The van der Waals surface area contributed by atoms with Crippen molar-refractivity contribution in [2.45, 2.75) is 6.61 Å². The fraction of sp³-hybridized carbons (Fsp3) is 0.0714. The van der Waals surface area contributed by atoms with Gasteiger partial charge >= 0.3 is 7.12 Å². The summed E-state index contributed by atoms with van der Waals surface area (Å²) in [5, 5.41) is 27.3. The molecule has 2 heterocycles. The fourth-order valence-corrected chi connectivity index (χ4v) is 2.06. The largest absolute Gasteiger partial charge is 0.491 e. The number of aromatic nitrogens is 1. The zero-order valence-electron chi connectivity index (χ0n) is 10.8. The topological polar surface area (TPSA) is 99.2 Å². The van der Waals surface area contributed by atoms with E-state index in [0.717, 1.165) is 5.56 Å². The molecule has 0 amide bonds. The summed E-state index contributed by atoms with van der Waals surface area (Å²) in [6.07, 6.45) is 0. The molecule has 7 heteroatoms. The van der Waals surface area contributed by atoms with Crippen LogP contribution < -0.4 is 10.2 Å². The molecule has 0 saturated heterocycles. The Morgan fingerprint density at radius 1 is 1.24 bits per heavy atom. The lowest BCUT2D eigenvalue weighted by Gasteiger charge is -2.07. The molecule has 21 heavy (non-hydrogen) atoms. The van der Waals surface area contributed by atoms with Gasteiger partial charge in [0.25, 0.3) is 0 Å². The predicted octanol–water partition coefficient (Wildman–Crippen LogP) is 0.835. The molecule has 0 atom stereocenters. The van der Waals surface area contributed by atoms with Crippen molar-refractivity contribution >= 4 is 12.6 Å². The highest BCUT2D eigenvalue weighted by atomic mass is 16.5. The van der Waals surface area contributed by atoms with Crippen LogP contribution in [0.15, 0.2) is 30.3 Å². The maximum Gasteiger partial charge on any atom is 0.491 e. The van der Waals surface area contributed by atoms with Gasteiger partial charge in [-0.15, -0.1) is 0 Å². The van der Waals surface area contributed by atoms with Crippen molar-refractivity contribution in [3.8, 4) is 23.8 Å². The third kappa shape index (κ3) is 2.44. The molecule has 0 unspecified atom stereocenters. The van der Waals surface area contributed by atoms with Crippen LogP contribution in [0.5, 0.6) is 11.6 Å². The minimum Gasteiger partial charge on any atom is -0.439 e. The maximum atomic E-state index is 9.55. The Morgan fingerprint density at radius 2 is 2.10 bits per heavy atom. The molecule has 1 aliphatic rings. The highest BCUT2D eigenvalue weighted by Gasteiger charge is 2.27. The Balaban J connectivity index is 1.88. The third-order valence-corrected chi connectivity index (χ3v) is 3.10. The number of nitrogens with zero attached hydrogens (tertiary/aromatic N) is 3. The molecule has 0 spiro atoms. The quantitative estimate of drug-likeness (QED) is 0.816. The third-order valence-electron chi connectivity index (χ3n) is 3.10. The number of hydrogen-bond acceptors (Lipinski definition) is 6. The molecule has 1 N–H and O–H groups in total. The van der Waals surface area contributed by atoms with E-state index >= 15 is 0 Å². The zero-order valence-corrected chi connectivity index (χ0v) is 10.8. The Morgan fingerprint density at radius 3 is 2.86 bits per heavy atom. The first-order valence-corrected chi connectivity index (χ1v) is 6.13. The summed E-state index contributed by atoms with van der Waals surface area (Å²) in [6, 6.07) is 11.9. The molecule has 100 valence electrons. The van der Waals surface area contributed by atoms with Gasteiger partial charge in [0, 0.05) is 6.07 Å². The summed E-state index contributed by atoms with van der Waals surface area (Å²) in [5.74, 6) is 0.748. The molecule has 0 radical (unpaired) electrons. The minimum absolute atomic E-state index is 0.0231. The van der Waals surface area contributed by atoms with E-state index in [9.17, 15) is 5.02 Å². The van der Waals surface area contributed by atoms with Crippen molar-refractivity contribution in [2.24, 2.45) is 0 Å². The van der Waals surface area contributed by atoms with Gasteiger partial charge in [-0.05, 0) is 29.2 Å². The van der Waals surface area contributed by atoms with Crippen LogP contribution in [0.2, 0.25) is 0 Å². The van der Waals surface area contributed by atoms with E-state index in [2.05, 4.69) is 4.98 Å². The number of fused-ring (bicyclic) bond motifs is 1. The molecular weight excluding hydrogens is 269 g/mol. The van der Waals surface area contributed by atoms with Gasteiger partial charge in [-0.25, -0.2) is 4.98 Å². The highest BCUT2D eigenvalue weighted by molar-refractivity contribution is 6.61. The summed E-state index contributed by atoms with van der Waals surface area (Å²) in [7, 11) is -0.896. The van der Waals surface area contributed by atoms with Crippen LogP contribution in [-0.4, -0.2) is 17.1 Å². The molecule has 1 aromatic carbocycles. The van der Waals surface area contributed by atoms with Crippen molar-refractivity contribution in [1.82, 2.24) is 4.98 Å². The Kier molecular flexibility index (Phi) is 3.29. The lowest BCUT2D eigenvalue weighted by Crippen LogP contribution is -2.27. The lowest BCUT2D eigenvalue weighted by molar-refractivity contribution is 0.275. The van der Waals surface area contributed by atoms with Gasteiger partial charge in [0.1, 0.15) is 17.9 Å². The number of ether oxygens (including phenoxy) is 1. The number of hydrogen-bond donors (Lipinski definition) is 1. The average Bonchev–Trinajstić information content (AvgIpc) is 2.88. The smallest absolute Gasteiger partial charge is 0.439 e. The summed E-state index contributed by atoms with van der Waals surface area (Å²) in [6.45, 7) is 0.317. The Bertz CT molecular complexity index is 795. The van der Waals surface area contributed by atoms with Gasteiger partial charge in [0.05, 0.1) is 12.2 Å². The van der Waals surface area contributed by atoms with E-state index in [4.69, 9.17) is 19.9 Å². The number of rotatable bonds is 2. The van der Waals surface area contributed by atoms with Crippen LogP contribution in [0, 0.1) is 22.7 Å². The first-order chi connectivity index (χ1) is 10.2. The molecule has 0 aliphatic carbocycles. The average molecular weight is 277 g/mol. The first-order valence-electron chi connectivity index (χ1n) is 6.13. The maximum absolute atomic E-state index is 9.55. The van der Waals surface area contributed by atoms with Crippen LogP contribution >= 0.6 is 0 Å². The van der Waals surface area contributed by atoms with Crippen LogP contribution in [0.3, 0.4) is 0 Å². The standard InChI is InChI=1S/C14H8BN3O3/c16-6-9-1-4-14(18-13(9)7-17)21-11-2-3-12-10(5-11)8-20-15(12)19/h1-5,19H,8H2. The van der Waals surface area contributed by atoms with Crippen molar-refractivity contribution in [1.29, 1.82) is 10.5 Å². The second-order valence-electron chi connectivity index (χ2n) is 4.40. The molecule has 0 bridgehead atoms. The second kappa shape index (κ2) is 5.26. The zero-order chi connectivity index (χ0) is 14.8. The lowest BCUT2D eigenvalue weighted by atomic mass is 9.80. The Hall–Kier alpha value is -2.87. The molecule has 1 aliphatic heterocycles.